The minimum Gasteiger partial charge on any atom is -0.506 e. The first-order valence-corrected chi connectivity index (χ1v) is 5.29. The van der Waals surface area contributed by atoms with Gasteiger partial charge in [-0.05, 0) is 6.07 Å². The zero-order valence-corrected chi connectivity index (χ0v) is 9.33. The van der Waals surface area contributed by atoms with Crippen molar-refractivity contribution >= 4 is 17.7 Å². The van der Waals surface area contributed by atoms with Crippen molar-refractivity contribution < 1.29 is 14.6 Å². The Morgan fingerprint density at radius 3 is 2.94 bits per heavy atom. The summed E-state index contributed by atoms with van der Waals surface area (Å²) in [4.78, 5) is 0. The predicted molar refractivity (Wildman–Crippen MR) is 62.2 cm³/mol. The van der Waals surface area contributed by atoms with Crippen molar-refractivity contribution in [1.82, 2.24) is 0 Å². The Morgan fingerprint density at radius 2 is 2.19 bits per heavy atom. The lowest BCUT2D eigenvalue weighted by molar-refractivity contribution is 0.171. The van der Waals surface area contributed by atoms with Crippen molar-refractivity contribution in [1.29, 1.82) is 0 Å². The number of hydrogen-bond donors (Lipinski definition) is 2. The maximum atomic E-state index is 9.82. The third-order valence-electron chi connectivity index (χ3n) is 2.21. The van der Waals surface area contributed by atoms with Crippen LogP contribution < -0.4 is 15.2 Å². The van der Waals surface area contributed by atoms with Gasteiger partial charge >= 0.3 is 0 Å². The summed E-state index contributed by atoms with van der Waals surface area (Å²) in [6.07, 6.45) is 3.42. The Morgan fingerprint density at radius 1 is 1.44 bits per heavy atom. The highest BCUT2D eigenvalue weighted by atomic mass is 35.5. The van der Waals surface area contributed by atoms with Gasteiger partial charge in [0.25, 0.3) is 0 Å². The van der Waals surface area contributed by atoms with Crippen LogP contribution in [0.5, 0.6) is 17.2 Å². The van der Waals surface area contributed by atoms with E-state index in [0.29, 0.717) is 36.8 Å². The van der Waals surface area contributed by atoms with E-state index in [1.54, 1.807) is 18.2 Å². The second-order valence-electron chi connectivity index (χ2n) is 3.29. The van der Waals surface area contributed by atoms with E-state index < -0.39 is 0 Å². The molecule has 0 bridgehead atoms. The van der Waals surface area contributed by atoms with Crippen LogP contribution in [0.15, 0.2) is 12.1 Å². The van der Waals surface area contributed by atoms with Crippen molar-refractivity contribution in [2.45, 2.75) is 0 Å². The summed E-state index contributed by atoms with van der Waals surface area (Å²) in [5.41, 5.74) is 5.91. The first kappa shape index (κ1) is 11.1. The second kappa shape index (κ2) is 4.63. The Labute approximate surface area is 98.2 Å². The molecular formula is C11H12ClNO3. The SMILES string of the molecule is NC/C=C/c1cc2c(c(Cl)c1O)OCCO2. The number of phenols is 1. The van der Waals surface area contributed by atoms with E-state index in [9.17, 15) is 5.11 Å². The number of phenolic OH excluding ortho intramolecular Hbond substituents is 1. The number of ether oxygens (including phenoxy) is 2. The summed E-state index contributed by atoms with van der Waals surface area (Å²) in [7, 11) is 0. The van der Waals surface area contributed by atoms with Crippen LogP contribution in [0, 0.1) is 0 Å². The first-order chi connectivity index (χ1) is 7.74. The second-order valence-corrected chi connectivity index (χ2v) is 3.67. The fraction of sp³-hybridized carbons (Fsp3) is 0.273. The van der Waals surface area contributed by atoms with E-state index in [4.69, 9.17) is 26.8 Å². The smallest absolute Gasteiger partial charge is 0.183 e. The fourth-order valence-corrected chi connectivity index (χ4v) is 1.73. The van der Waals surface area contributed by atoms with Crippen molar-refractivity contribution in [3.05, 3.63) is 22.7 Å². The monoisotopic (exact) mass is 241 g/mol. The molecule has 1 aliphatic heterocycles. The highest BCUT2D eigenvalue weighted by Crippen LogP contribution is 2.45. The Bertz CT molecular complexity index is 432. The molecule has 5 heteroatoms. The maximum absolute atomic E-state index is 9.82. The van der Waals surface area contributed by atoms with Crippen LogP contribution >= 0.6 is 11.6 Å². The summed E-state index contributed by atoms with van der Waals surface area (Å²) in [6, 6.07) is 1.68. The van der Waals surface area contributed by atoms with Crippen LogP contribution in [0.4, 0.5) is 0 Å². The summed E-state index contributed by atoms with van der Waals surface area (Å²) >= 11 is 5.98. The maximum Gasteiger partial charge on any atom is 0.183 e. The average molecular weight is 242 g/mol. The molecule has 1 aliphatic rings. The number of fused-ring (bicyclic) bond motifs is 1. The molecule has 0 unspecified atom stereocenters. The lowest BCUT2D eigenvalue weighted by atomic mass is 10.1. The zero-order valence-electron chi connectivity index (χ0n) is 8.57. The molecule has 0 aromatic heterocycles. The molecule has 0 spiro atoms. The molecule has 0 radical (unpaired) electrons. The molecule has 0 saturated heterocycles. The van der Waals surface area contributed by atoms with Gasteiger partial charge in [0.05, 0.1) is 0 Å². The number of aromatic hydroxyl groups is 1. The van der Waals surface area contributed by atoms with E-state index in [1.165, 1.54) is 0 Å². The molecule has 1 aromatic carbocycles. The average Bonchev–Trinajstić information content (AvgIpc) is 2.32. The Kier molecular flexibility index (Phi) is 3.22. The topological polar surface area (TPSA) is 64.7 Å². The Hall–Kier alpha value is -1.39. The van der Waals surface area contributed by atoms with Crippen molar-refractivity contribution in [3.63, 3.8) is 0 Å². The van der Waals surface area contributed by atoms with Crippen LogP contribution in [-0.4, -0.2) is 24.9 Å². The van der Waals surface area contributed by atoms with Gasteiger partial charge in [-0.3, -0.25) is 0 Å². The summed E-state index contributed by atoms with van der Waals surface area (Å²) in [6.45, 7) is 1.31. The van der Waals surface area contributed by atoms with Gasteiger partial charge in [0.15, 0.2) is 11.5 Å². The molecular weight excluding hydrogens is 230 g/mol. The number of benzene rings is 1. The molecule has 2 rings (SSSR count). The quantitative estimate of drug-likeness (QED) is 0.829. The number of hydrogen-bond acceptors (Lipinski definition) is 4. The van der Waals surface area contributed by atoms with Gasteiger partial charge in [0, 0.05) is 12.1 Å². The zero-order chi connectivity index (χ0) is 11.5. The van der Waals surface area contributed by atoms with Gasteiger partial charge in [-0.1, -0.05) is 23.8 Å². The van der Waals surface area contributed by atoms with E-state index in [2.05, 4.69) is 0 Å². The van der Waals surface area contributed by atoms with Gasteiger partial charge in [0.2, 0.25) is 0 Å². The molecule has 1 aromatic rings. The van der Waals surface area contributed by atoms with Crippen LogP contribution in [0.2, 0.25) is 5.02 Å². The third kappa shape index (κ3) is 1.94. The largest absolute Gasteiger partial charge is 0.506 e. The molecule has 1 heterocycles. The lowest BCUT2D eigenvalue weighted by Gasteiger charge is -2.20. The number of nitrogens with two attached hydrogens (primary N) is 1. The molecule has 0 saturated carbocycles. The van der Waals surface area contributed by atoms with Crippen LogP contribution in [0.3, 0.4) is 0 Å². The van der Waals surface area contributed by atoms with Gasteiger partial charge in [0.1, 0.15) is 24.0 Å². The molecule has 86 valence electrons. The van der Waals surface area contributed by atoms with E-state index in [1.807, 2.05) is 0 Å². The summed E-state index contributed by atoms with van der Waals surface area (Å²) in [5.74, 6) is 0.927. The number of halogens is 1. The molecule has 0 amide bonds. The van der Waals surface area contributed by atoms with Crippen molar-refractivity contribution in [2.75, 3.05) is 19.8 Å². The third-order valence-corrected chi connectivity index (χ3v) is 2.56. The van der Waals surface area contributed by atoms with E-state index in [0.717, 1.165) is 0 Å². The summed E-state index contributed by atoms with van der Waals surface area (Å²) in [5, 5.41) is 10.00. The molecule has 0 fully saturated rings. The minimum atomic E-state index is -0.0179. The lowest BCUT2D eigenvalue weighted by Crippen LogP contribution is -2.15. The molecule has 4 nitrogen and oxygen atoms in total. The fourth-order valence-electron chi connectivity index (χ4n) is 1.48. The summed E-state index contributed by atoms with van der Waals surface area (Å²) < 4.78 is 10.7. The van der Waals surface area contributed by atoms with Crippen molar-refractivity contribution in [2.24, 2.45) is 5.73 Å². The van der Waals surface area contributed by atoms with Crippen LogP contribution in [-0.2, 0) is 0 Å². The van der Waals surface area contributed by atoms with Crippen LogP contribution in [0.1, 0.15) is 5.56 Å². The Balaban J connectivity index is 2.48. The highest BCUT2D eigenvalue weighted by molar-refractivity contribution is 6.34. The molecule has 3 N–H and O–H groups in total. The van der Waals surface area contributed by atoms with Crippen molar-refractivity contribution in [3.8, 4) is 17.2 Å². The molecule has 0 aliphatic carbocycles. The van der Waals surface area contributed by atoms with E-state index in [-0.39, 0.29) is 10.8 Å². The van der Waals surface area contributed by atoms with Gasteiger partial charge in [-0.25, -0.2) is 0 Å². The van der Waals surface area contributed by atoms with Crippen LogP contribution in [0.25, 0.3) is 6.08 Å². The normalized spacial score (nSPS) is 14.4. The first-order valence-electron chi connectivity index (χ1n) is 4.91. The highest BCUT2D eigenvalue weighted by Gasteiger charge is 2.20. The van der Waals surface area contributed by atoms with E-state index >= 15 is 0 Å². The molecule has 0 atom stereocenters. The minimum absolute atomic E-state index is 0.0179. The predicted octanol–water partition coefficient (Wildman–Crippen LogP) is 1.79. The standard InChI is InChI=1S/C11H12ClNO3/c12-9-10(14)7(2-1-3-13)6-8-11(9)16-5-4-15-8/h1-2,6,14H,3-5,13H2/b2-1+. The van der Waals surface area contributed by atoms with Gasteiger partial charge < -0.3 is 20.3 Å². The number of rotatable bonds is 2. The van der Waals surface area contributed by atoms with Gasteiger partial charge in [-0.2, -0.15) is 0 Å². The van der Waals surface area contributed by atoms with Gasteiger partial charge in [-0.15, -0.1) is 0 Å². The molecule has 16 heavy (non-hydrogen) atoms.